The molecule has 0 saturated heterocycles. The summed E-state index contributed by atoms with van der Waals surface area (Å²) in [6.07, 6.45) is 1.35. The molecule has 3 amide bonds. The highest BCUT2D eigenvalue weighted by molar-refractivity contribution is 6.30. The van der Waals surface area contributed by atoms with Gasteiger partial charge in [-0.05, 0) is 62.6 Å². The Bertz CT molecular complexity index is 1490. The van der Waals surface area contributed by atoms with Crippen molar-refractivity contribution in [2.75, 3.05) is 44.9 Å². The molecular weight excluding hydrogens is 515 g/mol. The van der Waals surface area contributed by atoms with E-state index in [4.69, 9.17) is 16.0 Å². The van der Waals surface area contributed by atoms with Gasteiger partial charge in [-0.25, -0.2) is 9.97 Å². The largest absolute Gasteiger partial charge is 0.447 e. The van der Waals surface area contributed by atoms with Gasteiger partial charge in [-0.2, -0.15) is 4.39 Å². The minimum Gasteiger partial charge on any atom is -0.447 e. The van der Waals surface area contributed by atoms with Gasteiger partial charge in [0, 0.05) is 37.5 Å². The predicted octanol–water partition coefficient (Wildman–Crippen LogP) is 4.15. The number of rotatable bonds is 8. The molecule has 0 atom stereocenters. The standard InChI is InChI=1S/C26H24ClFN6O4/c1-33(2)12-13-34(3)26(37)16-6-4-15(5-7-16)24(35)32-22-21-18(9-10-19(28)30-21)38-23(22)25(36)31-20-11-8-17(27)14-29-20/h4-11,14H,12-13H2,1-3H3,(H,32,35)(H,29,31,36). The molecule has 0 fully saturated rings. The Morgan fingerprint density at radius 2 is 1.63 bits per heavy atom. The third-order valence-corrected chi connectivity index (χ3v) is 5.76. The van der Waals surface area contributed by atoms with Gasteiger partial charge in [0.2, 0.25) is 11.7 Å². The fraction of sp³-hybridized carbons (Fsp3) is 0.192. The number of carbonyl (C=O) groups is 3. The lowest BCUT2D eigenvalue weighted by atomic mass is 10.1. The van der Waals surface area contributed by atoms with Crippen molar-refractivity contribution in [1.29, 1.82) is 0 Å². The van der Waals surface area contributed by atoms with Gasteiger partial charge >= 0.3 is 0 Å². The van der Waals surface area contributed by atoms with Gasteiger partial charge in [-0.3, -0.25) is 14.4 Å². The van der Waals surface area contributed by atoms with Crippen molar-refractivity contribution in [1.82, 2.24) is 19.8 Å². The lowest BCUT2D eigenvalue weighted by molar-refractivity contribution is 0.0785. The Morgan fingerprint density at radius 1 is 0.921 bits per heavy atom. The Hall–Kier alpha value is -4.35. The predicted molar refractivity (Wildman–Crippen MR) is 141 cm³/mol. The summed E-state index contributed by atoms with van der Waals surface area (Å²) in [5.41, 5.74) is 0.559. The van der Waals surface area contributed by atoms with Gasteiger partial charge in [-0.15, -0.1) is 0 Å². The van der Waals surface area contributed by atoms with Crippen molar-refractivity contribution >= 4 is 51.9 Å². The highest BCUT2D eigenvalue weighted by Crippen LogP contribution is 2.31. The summed E-state index contributed by atoms with van der Waals surface area (Å²) in [7, 11) is 5.54. The van der Waals surface area contributed by atoms with E-state index in [2.05, 4.69) is 20.6 Å². The average molecular weight is 539 g/mol. The van der Waals surface area contributed by atoms with Crippen molar-refractivity contribution < 1.29 is 23.2 Å². The number of nitrogens with one attached hydrogen (secondary N) is 2. The first-order valence-electron chi connectivity index (χ1n) is 11.5. The van der Waals surface area contributed by atoms with Crippen molar-refractivity contribution in [3.05, 3.63) is 82.6 Å². The van der Waals surface area contributed by atoms with Crippen LogP contribution < -0.4 is 10.6 Å². The number of anilines is 2. The van der Waals surface area contributed by atoms with E-state index in [9.17, 15) is 18.8 Å². The van der Waals surface area contributed by atoms with Crippen LogP contribution >= 0.6 is 11.6 Å². The zero-order chi connectivity index (χ0) is 27.4. The molecule has 0 spiro atoms. The Labute approximate surface area is 222 Å². The second kappa shape index (κ2) is 11.4. The number of hydrogen-bond acceptors (Lipinski definition) is 7. The van der Waals surface area contributed by atoms with E-state index in [-0.39, 0.29) is 39.8 Å². The monoisotopic (exact) mass is 538 g/mol. The van der Waals surface area contributed by atoms with Gasteiger partial charge in [0.15, 0.2) is 5.58 Å². The number of nitrogens with zero attached hydrogens (tertiary/aromatic N) is 4. The summed E-state index contributed by atoms with van der Waals surface area (Å²) in [6.45, 7) is 1.25. The Balaban J connectivity index is 1.57. The molecule has 4 rings (SSSR count). The third-order valence-electron chi connectivity index (χ3n) is 5.54. The van der Waals surface area contributed by atoms with Crippen molar-refractivity contribution in [2.24, 2.45) is 0 Å². The summed E-state index contributed by atoms with van der Waals surface area (Å²) in [5, 5.41) is 5.52. The van der Waals surface area contributed by atoms with E-state index in [1.54, 1.807) is 11.9 Å². The number of furan rings is 1. The molecule has 1 aromatic carbocycles. The number of carbonyl (C=O) groups excluding carboxylic acids is 3. The number of halogens is 2. The molecule has 10 nitrogen and oxygen atoms in total. The molecule has 2 N–H and O–H groups in total. The van der Waals surface area contributed by atoms with Crippen molar-refractivity contribution in [3.63, 3.8) is 0 Å². The number of fused-ring (bicyclic) bond motifs is 1. The SMILES string of the molecule is CN(C)CCN(C)C(=O)c1ccc(C(=O)Nc2c(C(=O)Nc3ccc(Cl)cn3)oc3ccc(F)nc23)cc1. The molecule has 196 valence electrons. The van der Waals surface area contributed by atoms with Crippen LogP contribution in [0.4, 0.5) is 15.9 Å². The number of likely N-dealkylation sites (N-methyl/N-ethyl adjacent to an activating group) is 2. The molecule has 4 aromatic rings. The van der Waals surface area contributed by atoms with Crippen LogP contribution in [0.5, 0.6) is 0 Å². The summed E-state index contributed by atoms with van der Waals surface area (Å²) in [5.74, 6) is -2.47. The maximum absolute atomic E-state index is 13.9. The first-order valence-corrected chi connectivity index (χ1v) is 11.8. The summed E-state index contributed by atoms with van der Waals surface area (Å²) >= 11 is 5.83. The fourth-order valence-corrected chi connectivity index (χ4v) is 3.58. The molecule has 3 heterocycles. The summed E-state index contributed by atoms with van der Waals surface area (Å²) < 4.78 is 19.5. The maximum atomic E-state index is 13.9. The van der Waals surface area contributed by atoms with Gasteiger partial charge in [0.1, 0.15) is 17.0 Å². The molecule has 0 unspecified atom stereocenters. The van der Waals surface area contributed by atoms with Crippen LogP contribution in [0.2, 0.25) is 5.02 Å². The highest BCUT2D eigenvalue weighted by Gasteiger charge is 2.25. The van der Waals surface area contributed by atoms with E-state index >= 15 is 0 Å². The highest BCUT2D eigenvalue weighted by atomic mass is 35.5. The van der Waals surface area contributed by atoms with Gasteiger partial charge in [-0.1, -0.05) is 11.6 Å². The summed E-state index contributed by atoms with van der Waals surface area (Å²) in [4.78, 5) is 50.1. The minimum absolute atomic E-state index is 0.0399. The van der Waals surface area contributed by atoms with Crippen LogP contribution in [0.25, 0.3) is 11.1 Å². The van der Waals surface area contributed by atoms with Crippen molar-refractivity contribution in [3.8, 4) is 0 Å². The molecule has 0 radical (unpaired) electrons. The lowest BCUT2D eigenvalue weighted by Crippen LogP contribution is -2.33. The Morgan fingerprint density at radius 3 is 2.29 bits per heavy atom. The van der Waals surface area contributed by atoms with E-state index in [0.29, 0.717) is 23.7 Å². The molecule has 12 heteroatoms. The van der Waals surface area contributed by atoms with E-state index in [1.807, 2.05) is 19.0 Å². The van der Waals surface area contributed by atoms with Gasteiger partial charge < -0.3 is 24.9 Å². The maximum Gasteiger partial charge on any atom is 0.294 e. The average Bonchev–Trinajstić information content (AvgIpc) is 3.25. The van der Waals surface area contributed by atoms with Crippen LogP contribution in [-0.4, -0.2) is 71.7 Å². The first-order chi connectivity index (χ1) is 18.1. The van der Waals surface area contributed by atoms with Crippen LogP contribution in [0.15, 0.2) is 59.1 Å². The number of amides is 3. The number of hydrogen-bond donors (Lipinski definition) is 2. The van der Waals surface area contributed by atoms with Crippen LogP contribution in [0.1, 0.15) is 31.3 Å². The zero-order valence-electron chi connectivity index (χ0n) is 20.8. The molecular formula is C26H24ClFN6O4. The quantitative estimate of drug-likeness (QED) is 0.323. The minimum atomic E-state index is -0.818. The van der Waals surface area contributed by atoms with Crippen LogP contribution in [0.3, 0.4) is 0 Å². The fourth-order valence-electron chi connectivity index (χ4n) is 3.47. The normalized spacial score (nSPS) is 11.0. The van der Waals surface area contributed by atoms with Crippen molar-refractivity contribution in [2.45, 2.75) is 0 Å². The Kier molecular flexibility index (Phi) is 7.99. The van der Waals surface area contributed by atoms with Crippen LogP contribution in [-0.2, 0) is 0 Å². The molecule has 0 aliphatic heterocycles. The molecule has 0 aliphatic carbocycles. The molecule has 0 bridgehead atoms. The van der Waals surface area contributed by atoms with E-state index < -0.39 is 17.8 Å². The summed E-state index contributed by atoms with van der Waals surface area (Å²) in [6, 6.07) is 11.4. The van der Waals surface area contributed by atoms with Gasteiger partial charge in [0.25, 0.3) is 17.7 Å². The third kappa shape index (κ3) is 6.13. The zero-order valence-corrected chi connectivity index (χ0v) is 21.5. The second-order valence-electron chi connectivity index (χ2n) is 8.66. The van der Waals surface area contributed by atoms with E-state index in [1.165, 1.54) is 48.7 Å². The second-order valence-corrected chi connectivity index (χ2v) is 9.10. The first kappa shape index (κ1) is 26.7. The molecule has 0 saturated carbocycles. The van der Waals surface area contributed by atoms with E-state index in [0.717, 1.165) is 6.07 Å². The molecule has 38 heavy (non-hydrogen) atoms. The number of benzene rings is 1. The van der Waals surface area contributed by atoms with Crippen LogP contribution in [0, 0.1) is 5.95 Å². The smallest absolute Gasteiger partial charge is 0.294 e. The topological polar surface area (TPSA) is 121 Å². The molecule has 0 aliphatic rings. The lowest BCUT2D eigenvalue weighted by Gasteiger charge is -2.19. The molecule has 3 aromatic heterocycles. The van der Waals surface area contributed by atoms with Gasteiger partial charge in [0.05, 0.1) is 5.02 Å². The number of aromatic nitrogens is 2. The number of pyridine rings is 2.